The summed E-state index contributed by atoms with van der Waals surface area (Å²) in [7, 11) is 5.42. The largest absolute Gasteiger partial charge is 0.544 e. The predicted octanol–water partition coefficient (Wildman–Crippen LogP) is 15.1. The molecular weight excluding hydrogens is 835 g/mol. The highest BCUT2D eigenvalue weighted by atomic mass is 16.6. The van der Waals surface area contributed by atoms with Crippen LogP contribution < -0.4 is 5.11 Å². The minimum Gasteiger partial charge on any atom is -0.544 e. The molecule has 0 bridgehead atoms. The molecule has 0 rings (SSSR count). The van der Waals surface area contributed by atoms with Gasteiger partial charge >= 0.3 is 11.9 Å². The van der Waals surface area contributed by atoms with Crippen LogP contribution in [0.25, 0.3) is 0 Å². The third-order valence-corrected chi connectivity index (χ3v) is 12.4. The van der Waals surface area contributed by atoms with Crippen molar-refractivity contribution in [3.05, 3.63) is 60.8 Å². The molecule has 8 heteroatoms. The van der Waals surface area contributed by atoms with Gasteiger partial charge in [0.05, 0.1) is 40.3 Å². The van der Waals surface area contributed by atoms with Crippen molar-refractivity contribution in [2.75, 3.05) is 41.0 Å². The van der Waals surface area contributed by atoms with E-state index in [4.69, 9.17) is 14.2 Å². The van der Waals surface area contributed by atoms with Crippen molar-refractivity contribution < 1.29 is 38.2 Å². The summed E-state index contributed by atoms with van der Waals surface area (Å²) in [5.74, 6) is -1.74. The number of carbonyl (C=O) groups excluding carboxylic acids is 3. The highest BCUT2D eigenvalue weighted by molar-refractivity contribution is 5.70. The summed E-state index contributed by atoms with van der Waals surface area (Å²) < 4.78 is 17.3. The Balaban J connectivity index is 4.21. The third kappa shape index (κ3) is 47.9. The maximum atomic E-state index is 12.8. The lowest BCUT2D eigenvalue weighted by Crippen LogP contribution is -2.55. The summed E-state index contributed by atoms with van der Waals surface area (Å²) in [6.07, 6.45) is 62.6. The van der Waals surface area contributed by atoms with E-state index in [1.807, 2.05) is 0 Å². The Labute approximate surface area is 413 Å². The van der Waals surface area contributed by atoms with Crippen LogP contribution in [0, 0.1) is 0 Å². The molecule has 8 nitrogen and oxygen atoms in total. The van der Waals surface area contributed by atoms with E-state index < -0.39 is 18.1 Å². The maximum Gasteiger partial charge on any atom is 0.306 e. The number of likely N-dealkylation sites (N-methyl/N-ethyl adjacent to an activating group) is 1. The van der Waals surface area contributed by atoms with Gasteiger partial charge in [0.2, 0.25) is 0 Å². The fourth-order valence-corrected chi connectivity index (χ4v) is 8.12. The predicted molar refractivity (Wildman–Crippen MR) is 282 cm³/mol. The van der Waals surface area contributed by atoms with Gasteiger partial charge in [-0.25, -0.2) is 0 Å². The minimum absolute atomic E-state index is 0.0366. The molecule has 0 heterocycles. The van der Waals surface area contributed by atoms with Crippen molar-refractivity contribution in [1.29, 1.82) is 0 Å². The van der Waals surface area contributed by atoms with E-state index in [0.29, 0.717) is 12.8 Å². The van der Waals surface area contributed by atoms with Gasteiger partial charge in [0, 0.05) is 19.3 Å². The first-order valence-electron chi connectivity index (χ1n) is 27.8. The van der Waals surface area contributed by atoms with Crippen molar-refractivity contribution >= 4 is 17.9 Å². The van der Waals surface area contributed by atoms with Gasteiger partial charge in [-0.05, 0) is 77.0 Å². The maximum absolute atomic E-state index is 12.8. The van der Waals surface area contributed by atoms with Gasteiger partial charge in [-0.15, -0.1) is 0 Å². The van der Waals surface area contributed by atoms with Gasteiger partial charge in [0.15, 0.2) is 6.10 Å². The first-order valence-corrected chi connectivity index (χ1v) is 27.8. The summed E-state index contributed by atoms with van der Waals surface area (Å²) >= 11 is 0. The Morgan fingerprint density at radius 3 is 1.25 bits per heavy atom. The van der Waals surface area contributed by atoms with Gasteiger partial charge < -0.3 is 28.6 Å². The van der Waals surface area contributed by atoms with Gasteiger partial charge in [-0.1, -0.05) is 209 Å². The molecule has 0 aliphatic carbocycles. The Morgan fingerprint density at radius 2 is 0.836 bits per heavy atom. The Bertz CT molecular complexity index is 1280. The van der Waals surface area contributed by atoms with Gasteiger partial charge in [-0.2, -0.15) is 0 Å². The molecule has 2 unspecified atom stereocenters. The first-order chi connectivity index (χ1) is 32.6. The summed E-state index contributed by atoms with van der Waals surface area (Å²) in [6.45, 7) is 4.57. The zero-order chi connectivity index (χ0) is 49.2. The fourth-order valence-electron chi connectivity index (χ4n) is 8.12. The van der Waals surface area contributed by atoms with Crippen LogP contribution in [0.3, 0.4) is 0 Å². The van der Waals surface area contributed by atoms with Crippen molar-refractivity contribution in [1.82, 2.24) is 0 Å². The lowest BCUT2D eigenvalue weighted by atomic mass is 10.1. The lowest BCUT2D eigenvalue weighted by molar-refractivity contribution is -0.889. The highest BCUT2D eigenvalue weighted by Crippen LogP contribution is 2.16. The van der Waals surface area contributed by atoms with Gasteiger partial charge in [-0.3, -0.25) is 9.59 Å². The topological polar surface area (TPSA) is 102 Å². The van der Waals surface area contributed by atoms with Crippen LogP contribution in [-0.4, -0.2) is 75.5 Å². The van der Waals surface area contributed by atoms with Gasteiger partial charge in [0.1, 0.15) is 12.6 Å². The van der Waals surface area contributed by atoms with E-state index in [2.05, 4.69) is 74.6 Å². The molecule has 0 saturated heterocycles. The molecule has 0 aromatic rings. The first kappa shape index (κ1) is 64.0. The summed E-state index contributed by atoms with van der Waals surface area (Å²) in [5.41, 5.74) is 0. The van der Waals surface area contributed by atoms with Crippen molar-refractivity contribution in [2.24, 2.45) is 0 Å². The van der Waals surface area contributed by atoms with Crippen LogP contribution in [0.1, 0.15) is 245 Å². The fraction of sp³-hybridized carbons (Fsp3) is 0.780. The number of ether oxygens (including phenoxy) is 3. The Hall–Kier alpha value is -2.97. The standard InChI is InChI=1S/C59H105NO7/c1-6-8-10-12-14-16-18-20-22-24-26-28-30-31-33-35-37-39-41-43-45-47-49-57(61)66-54-55(53-65-52-51-56(59(63)64)60(3,4)5)67-58(62)50-48-46-44-42-40-38-36-34-32-29-27-25-23-21-19-17-15-13-11-9-7-2/h8,10,14,16,20,22,26,28-29,32,55-56H,6-7,9,11-13,15,17-19,21,23-25,27,30-31,33-54H2,1-5H3/b10-8+,16-14+,22-20+,28-26+,32-29+. The van der Waals surface area contributed by atoms with Crippen LogP contribution >= 0.6 is 0 Å². The number of hydrogen-bond donors (Lipinski definition) is 0. The number of unbranched alkanes of at least 4 members (excludes halogenated alkanes) is 26. The molecule has 2 atom stereocenters. The van der Waals surface area contributed by atoms with Crippen molar-refractivity contribution in [3.8, 4) is 0 Å². The van der Waals surface area contributed by atoms with E-state index >= 15 is 0 Å². The number of rotatable bonds is 50. The Morgan fingerprint density at radius 1 is 0.463 bits per heavy atom. The average molecular weight is 940 g/mol. The number of carboxylic acids is 1. The van der Waals surface area contributed by atoms with E-state index in [1.165, 1.54) is 141 Å². The van der Waals surface area contributed by atoms with Crippen LogP contribution in [0.5, 0.6) is 0 Å². The zero-order valence-corrected chi connectivity index (χ0v) is 44.3. The number of nitrogens with zero attached hydrogens (tertiary/aromatic N) is 1. The number of quaternary nitrogens is 1. The molecule has 0 aliphatic rings. The zero-order valence-electron chi connectivity index (χ0n) is 44.3. The van der Waals surface area contributed by atoms with E-state index in [-0.39, 0.29) is 42.7 Å². The van der Waals surface area contributed by atoms with Crippen LogP contribution in [-0.2, 0) is 28.6 Å². The smallest absolute Gasteiger partial charge is 0.306 e. The number of aliphatic carboxylic acids is 1. The summed E-state index contributed by atoms with van der Waals surface area (Å²) in [5, 5.41) is 11.7. The van der Waals surface area contributed by atoms with E-state index in [1.54, 1.807) is 21.1 Å². The SMILES string of the molecule is CC/C=C/C/C=C/C/C=C/C/C=C/CCCCCCCCCCCC(=O)OCC(COCCC(C(=O)[O-])[N+](C)(C)C)OC(=O)CCCCCCCCC/C=C/CCCCCCCCCCCC. The molecule has 0 fully saturated rings. The van der Waals surface area contributed by atoms with Crippen molar-refractivity contribution in [3.63, 3.8) is 0 Å². The molecule has 67 heavy (non-hydrogen) atoms. The molecule has 0 radical (unpaired) electrons. The third-order valence-electron chi connectivity index (χ3n) is 12.4. The molecule has 0 N–H and O–H groups in total. The minimum atomic E-state index is -1.13. The normalized spacial score (nSPS) is 13.3. The van der Waals surface area contributed by atoms with Crippen LogP contribution in [0.4, 0.5) is 0 Å². The van der Waals surface area contributed by atoms with Crippen LogP contribution in [0.2, 0.25) is 0 Å². The molecule has 388 valence electrons. The summed E-state index contributed by atoms with van der Waals surface area (Å²) in [4.78, 5) is 37.1. The van der Waals surface area contributed by atoms with Crippen molar-refractivity contribution in [2.45, 2.75) is 257 Å². The highest BCUT2D eigenvalue weighted by Gasteiger charge is 2.25. The van der Waals surface area contributed by atoms with Crippen LogP contribution in [0.15, 0.2) is 60.8 Å². The molecule has 0 aromatic heterocycles. The second-order valence-corrected chi connectivity index (χ2v) is 19.8. The van der Waals surface area contributed by atoms with E-state index in [0.717, 1.165) is 70.6 Å². The molecular formula is C59H105NO7. The van der Waals surface area contributed by atoms with E-state index in [9.17, 15) is 19.5 Å². The monoisotopic (exact) mass is 940 g/mol. The summed E-state index contributed by atoms with van der Waals surface area (Å²) in [6, 6.07) is -0.730. The molecule has 0 amide bonds. The average Bonchev–Trinajstić information content (AvgIpc) is 3.29. The lowest BCUT2D eigenvalue weighted by Gasteiger charge is -2.34. The number of hydrogen-bond acceptors (Lipinski definition) is 7. The molecule has 0 aliphatic heterocycles. The number of esters is 2. The second kappa shape index (κ2) is 49.5. The Kier molecular flexibility index (Phi) is 47.3. The molecule has 0 saturated carbocycles. The molecule has 0 aromatic carbocycles. The number of carbonyl (C=O) groups is 3. The molecule has 0 spiro atoms. The number of allylic oxidation sites excluding steroid dienone is 10. The second-order valence-electron chi connectivity index (χ2n) is 19.8. The number of carboxylic acid groups (broad SMARTS) is 1. The van der Waals surface area contributed by atoms with Gasteiger partial charge in [0.25, 0.3) is 0 Å². The quantitative estimate of drug-likeness (QED) is 0.0259.